The molecule has 1 aliphatic rings. The molecule has 2 heterocycles. The highest BCUT2D eigenvalue weighted by Crippen LogP contribution is 2.36. The van der Waals surface area contributed by atoms with Crippen molar-refractivity contribution in [1.29, 1.82) is 0 Å². The Bertz CT molecular complexity index is 1140. The van der Waals surface area contributed by atoms with Gasteiger partial charge < -0.3 is 20.1 Å². The molecule has 36 heavy (non-hydrogen) atoms. The molecule has 0 saturated carbocycles. The number of nitrogens with two attached hydrogens (primary N) is 1. The van der Waals surface area contributed by atoms with E-state index in [1.807, 2.05) is 37.3 Å². The fraction of sp³-hybridized carbons (Fsp3) is 0.385. The first-order valence-electron chi connectivity index (χ1n) is 11.8. The fourth-order valence-corrected chi connectivity index (χ4v) is 4.16. The van der Waals surface area contributed by atoms with Crippen LogP contribution in [0.2, 0.25) is 0 Å². The number of hydrogen-bond acceptors (Lipinski definition) is 5. The molecule has 1 aliphatic heterocycles. The average Bonchev–Trinajstić information content (AvgIpc) is 3.45. The molecule has 1 fully saturated rings. The van der Waals surface area contributed by atoms with Crippen LogP contribution in [0.4, 0.5) is 19.4 Å². The van der Waals surface area contributed by atoms with Crippen molar-refractivity contribution in [2.24, 2.45) is 12.8 Å². The molecule has 1 saturated heterocycles. The van der Waals surface area contributed by atoms with Crippen LogP contribution in [0.3, 0.4) is 0 Å². The Morgan fingerprint density at radius 3 is 2.58 bits per heavy atom. The maximum Gasteiger partial charge on any atom is 0.317 e. The molecular weight excluding hydrogens is 468 g/mol. The predicted molar refractivity (Wildman–Crippen MR) is 135 cm³/mol. The van der Waals surface area contributed by atoms with Crippen molar-refractivity contribution >= 4 is 11.8 Å². The Hall–Kier alpha value is -3.50. The van der Waals surface area contributed by atoms with Crippen molar-refractivity contribution in [3.8, 4) is 17.0 Å². The Kier molecular flexibility index (Phi) is 9.77. The molecule has 0 aliphatic carbocycles. The summed E-state index contributed by atoms with van der Waals surface area (Å²) >= 11 is 0. The van der Waals surface area contributed by atoms with Crippen LogP contribution in [0.5, 0.6) is 5.88 Å². The molecule has 1 aromatic heterocycles. The van der Waals surface area contributed by atoms with Gasteiger partial charge >= 0.3 is 6.03 Å². The number of anilines is 1. The monoisotopic (exact) mass is 501 g/mol. The first-order valence-corrected chi connectivity index (χ1v) is 11.8. The van der Waals surface area contributed by atoms with E-state index in [2.05, 4.69) is 15.3 Å². The van der Waals surface area contributed by atoms with Gasteiger partial charge in [-0.2, -0.15) is 0 Å². The molecule has 1 unspecified atom stereocenters. The number of ether oxygens (including phenoxy) is 2. The quantitative estimate of drug-likeness (QED) is 0.478. The van der Waals surface area contributed by atoms with Gasteiger partial charge in [0.1, 0.15) is 5.82 Å². The standard InChI is InChI=1S/C13H17F2NO.C13H16N4O2/c1-17-7-6-16-5-4-11(9-16)10-2-3-12(14)13(15)8-10;1-3-19-12-10(9-7-5-4-6-8-9)11(15-13(14)18)17(2)16-12/h2-3,8,11H,4-7,9H2,1H3;4-8H,3H2,1-2H3,(H3,14,15,18). The van der Waals surface area contributed by atoms with Crippen molar-refractivity contribution in [2.75, 3.05) is 45.3 Å². The number of likely N-dealkylation sites (tertiary alicyclic amines) is 1. The third-order valence-corrected chi connectivity index (χ3v) is 5.90. The van der Waals surface area contributed by atoms with Gasteiger partial charge in [-0.15, -0.1) is 5.10 Å². The summed E-state index contributed by atoms with van der Waals surface area (Å²) in [6.07, 6.45) is 0.995. The Balaban J connectivity index is 0.000000202. The molecule has 0 spiro atoms. The molecule has 0 radical (unpaired) electrons. The minimum Gasteiger partial charge on any atom is -0.476 e. The van der Waals surface area contributed by atoms with Crippen LogP contribution in [0.25, 0.3) is 11.1 Å². The summed E-state index contributed by atoms with van der Waals surface area (Å²) < 4.78 is 38.0. The summed E-state index contributed by atoms with van der Waals surface area (Å²) in [6, 6.07) is 13.2. The summed E-state index contributed by atoms with van der Waals surface area (Å²) in [5.41, 5.74) is 7.72. The summed E-state index contributed by atoms with van der Waals surface area (Å²) in [7, 11) is 3.41. The van der Waals surface area contributed by atoms with E-state index in [0.717, 1.165) is 42.7 Å². The van der Waals surface area contributed by atoms with Crippen LogP contribution in [0.15, 0.2) is 48.5 Å². The second kappa shape index (κ2) is 13.0. The average molecular weight is 502 g/mol. The minimum atomic E-state index is -0.775. The molecule has 4 rings (SSSR count). The molecule has 3 N–H and O–H groups in total. The van der Waals surface area contributed by atoms with Crippen molar-refractivity contribution in [2.45, 2.75) is 19.3 Å². The van der Waals surface area contributed by atoms with Crippen molar-refractivity contribution in [1.82, 2.24) is 14.7 Å². The molecule has 2 aromatic carbocycles. The minimum absolute atomic E-state index is 0.307. The lowest BCUT2D eigenvalue weighted by Gasteiger charge is -2.15. The number of aryl methyl sites for hydroxylation is 1. The number of carbonyl (C=O) groups excluding carboxylic acids is 1. The van der Waals surface area contributed by atoms with Crippen LogP contribution in [0.1, 0.15) is 24.8 Å². The van der Waals surface area contributed by atoms with Crippen LogP contribution in [0, 0.1) is 11.6 Å². The van der Waals surface area contributed by atoms with Crippen LogP contribution >= 0.6 is 0 Å². The molecule has 1 atom stereocenters. The number of hydrogen-bond donors (Lipinski definition) is 2. The van der Waals surface area contributed by atoms with Gasteiger partial charge in [-0.1, -0.05) is 36.4 Å². The zero-order chi connectivity index (χ0) is 26.1. The number of amides is 2. The molecule has 3 aromatic rings. The number of aromatic nitrogens is 2. The first kappa shape index (κ1) is 27.1. The van der Waals surface area contributed by atoms with Gasteiger partial charge in [-0.25, -0.2) is 18.3 Å². The van der Waals surface area contributed by atoms with E-state index in [0.29, 0.717) is 30.8 Å². The van der Waals surface area contributed by atoms with Crippen molar-refractivity contribution < 1.29 is 23.0 Å². The number of carbonyl (C=O) groups is 1. The zero-order valence-corrected chi connectivity index (χ0v) is 20.8. The van der Waals surface area contributed by atoms with E-state index >= 15 is 0 Å². The van der Waals surface area contributed by atoms with Crippen molar-refractivity contribution in [3.63, 3.8) is 0 Å². The Labute approximate surface area is 210 Å². The number of halogens is 2. The maximum atomic E-state index is 13.1. The van der Waals surface area contributed by atoms with E-state index < -0.39 is 17.7 Å². The largest absolute Gasteiger partial charge is 0.476 e. The number of methoxy groups -OCH3 is 1. The third kappa shape index (κ3) is 7.02. The summed E-state index contributed by atoms with van der Waals surface area (Å²) in [4.78, 5) is 13.4. The number of primary amides is 1. The van der Waals surface area contributed by atoms with Crippen LogP contribution < -0.4 is 15.8 Å². The van der Waals surface area contributed by atoms with Crippen molar-refractivity contribution in [3.05, 3.63) is 65.7 Å². The SMILES string of the molecule is CCOc1nn(C)c(NC(N)=O)c1-c1ccccc1.COCCN1CCC(c2ccc(F)c(F)c2)C1. The highest BCUT2D eigenvalue weighted by Gasteiger charge is 2.24. The summed E-state index contributed by atoms with van der Waals surface area (Å²) in [5.74, 6) is -0.232. The normalized spacial score (nSPS) is 15.3. The molecule has 10 heteroatoms. The first-order chi connectivity index (χ1) is 17.3. The lowest BCUT2D eigenvalue weighted by molar-refractivity contribution is 0.160. The molecule has 194 valence electrons. The second-order valence-corrected chi connectivity index (χ2v) is 8.39. The van der Waals surface area contributed by atoms with Gasteiger partial charge in [0, 0.05) is 27.2 Å². The topological polar surface area (TPSA) is 94.6 Å². The van der Waals surface area contributed by atoms with Gasteiger partial charge in [-0.3, -0.25) is 5.32 Å². The molecular formula is C26H33F2N5O3. The van der Waals surface area contributed by atoms with E-state index in [1.54, 1.807) is 20.2 Å². The van der Waals surface area contributed by atoms with Gasteiger partial charge in [0.2, 0.25) is 5.88 Å². The van der Waals surface area contributed by atoms with E-state index in [9.17, 15) is 13.6 Å². The van der Waals surface area contributed by atoms with E-state index in [4.69, 9.17) is 15.2 Å². The maximum absolute atomic E-state index is 13.1. The van der Waals surface area contributed by atoms with E-state index in [1.165, 1.54) is 16.8 Å². The smallest absolute Gasteiger partial charge is 0.317 e. The second-order valence-electron chi connectivity index (χ2n) is 8.39. The number of urea groups is 1. The van der Waals surface area contributed by atoms with Crippen LogP contribution in [-0.2, 0) is 11.8 Å². The molecule has 2 amide bonds. The van der Waals surface area contributed by atoms with Gasteiger partial charge in [-0.05, 0) is 49.1 Å². The summed E-state index contributed by atoms with van der Waals surface area (Å²) in [5, 5.41) is 6.83. The number of benzene rings is 2. The fourth-order valence-electron chi connectivity index (χ4n) is 4.16. The number of nitrogens with zero attached hydrogens (tertiary/aromatic N) is 3. The van der Waals surface area contributed by atoms with Crippen LogP contribution in [-0.4, -0.2) is 60.7 Å². The predicted octanol–water partition coefficient (Wildman–Crippen LogP) is 4.38. The number of nitrogens with one attached hydrogen (secondary N) is 1. The highest BCUT2D eigenvalue weighted by molar-refractivity contribution is 5.93. The van der Waals surface area contributed by atoms with E-state index in [-0.39, 0.29) is 0 Å². The van der Waals surface area contributed by atoms with Gasteiger partial charge in [0.15, 0.2) is 11.6 Å². The third-order valence-electron chi connectivity index (χ3n) is 5.90. The molecule has 8 nitrogen and oxygen atoms in total. The lowest BCUT2D eigenvalue weighted by Crippen LogP contribution is -2.24. The Morgan fingerprint density at radius 2 is 1.94 bits per heavy atom. The highest BCUT2D eigenvalue weighted by atomic mass is 19.2. The molecule has 0 bridgehead atoms. The van der Waals surface area contributed by atoms with Gasteiger partial charge in [0.05, 0.1) is 18.8 Å². The lowest BCUT2D eigenvalue weighted by atomic mass is 9.98. The summed E-state index contributed by atoms with van der Waals surface area (Å²) in [6.45, 7) is 5.88. The van der Waals surface area contributed by atoms with Gasteiger partial charge in [0.25, 0.3) is 0 Å². The Morgan fingerprint density at radius 1 is 1.19 bits per heavy atom. The number of rotatable bonds is 8. The zero-order valence-electron chi connectivity index (χ0n) is 20.8.